The number of rotatable bonds is 0. The van der Waals surface area contributed by atoms with E-state index in [2.05, 4.69) is 13.0 Å². The Bertz CT molecular complexity index is 388. The summed E-state index contributed by atoms with van der Waals surface area (Å²) < 4.78 is 0. The van der Waals surface area contributed by atoms with Gasteiger partial charge in [0.15, 0.2) is 0 Å². The molecule has 0 bridgehead atoms. The van der Waals surface area contributed by atoms with Crippen molar-refractivity contribution in [3.63, 3.8) is 0 Å². The van der Waals surface area contributed by atoms with E-state index in [1.165, 1.54) is 64.2 Å². The minimum atomic E-state index is 1.27. The Morgan fingerprint density at radius 2 is 1.29 bits per heavy atom. The fourth-order valence-electron chi connectivity index (χ4n) is 3.78. The molecule has 0 spiro atoms. The molecule has 92 valence electrons. The van der Waals surface area contributed by atoms with E-state index in [0.717, 1.165) is 0 Å². The Balaban J connectivity index is 1.90. The van der Waals surface area contributed by atoms with E-state index < -0.39 is 0 Å². The molecule has 0 atom stereocenters. The zero-order valence-corrected chi connectivity index (χ0v) is 11.1. The van der Waals surface area contributed by atoms with Crippen LogP contribution in [0.4, 0.5) is 0 Å². The first-order valence-electron chi connectivity index (χ1n) is 7.41. The summed E-state index contributed by atoms with van der Waals surface area (Å²) in [6.45, 7) is 2.32. The van der Waals surface area contributed by atoms with Gasteiger partial charge in [0.25, 0.3) is 0 Å². The van der Waals surface area contributed by atoms with Crippen LogP contribution in [-0.2, 0) is 0 Å². The van der Waals surface area contributed by atoms with Crippen molar-refractivity contribution in [2.75, 3.05) is 0 Å². The summed E-state index contributed by atoms with van der Waals surface area (Å²) in [6, 6.07) is 0. The summed E-state index contributed by atoms with van der Waals surface area (Å²) in [5.41, 5.74) is 8.67. The van der Waals surface area contributed by atoms with E-state index in [-0.39, 0.29) is 0 Å². The summed E-state index contributed by atoms with van der Waals surface area (Å²) in [5.74, 6) is 0. The zero-order valence-electron chi connectivity index (χ0n) is 11.1. The molecule has 2 fully saturated rings. The maximum absolute atomic E-state index is 2.50. The normalized spacial score (nSPS) is 25.8. The van der Waals surface area contributed by atoms with E-state index in [9.17, 15) is 0 Å². The van der Waals surface area contributed by atoms with E-state index >= 15 is 0 Å². The van der Waals surface area contributed by atoms with Crippen molar-refractivity contribution < 1.29 is 0 Å². The van der Waals surface area contributed by atoms with E-state index in [4.69, 9.17) is 0 Å². The molecule has 0 aromatic heterocycles. The van der Waals surface area contributed by atoms with Crippen LogP contribution >= 0.6 is 0 Å². The van der Waals surface area contributed by atoms with Crippen molar-refractivity contribution in [1.82, 2.24) is 0 Å². The average molecular weight is 228 g/mol. The minimum absolute atomic E-state index is 1.27. The third-order valence-corrected chi connectivity index (χ3v) is 4.69. The van der Waals surface area contributed by atoms with Crippen LogP contribution in [0.5, 0.6) is 0 Å². The SMILES string of the molecule is CC1=CC(=C2CCCC2)CC(=C2CCCC2)C1. The van der Waals surface area contributed by atoms with Crippen LogP contribution in [0, 0.1) is 0 Å². The lowest BCUT2D eigenvalue weighted by atomic mass is 9.85. The van der Waals surface area contributed by atoms with Gasteiger partial charge >= 0.3 is 0 Å². The van der Waals surface area contributed by atoms with Crippen LogP contribution in [0.15, 0.2) is 33.9 Å². The molecule has 0 aromatic carbocycles. The maximum atomic E-state index is 2.50. The van der Waals surface area contributed by atoms with Crippen LogP contribution in [0.2, 0.25) is 0 Å². The maximum Gasteiger partial charge on any atom is -0.00617 e. The highest BCUT2D eigenvalue weighted by molar-refractivity contribution is 5.41. The molecule has 3 rings (SSSR count). The molecule has 0 heteroatoms. The summed E-state index contributed by atoms with van der Waals surface area (Å²) in [6.07, 6.45) is 16.3. The van der Waals surface area contributed by atoms with Crippen LogP contribution in [-0.4, -0.2) is 0 Å². The summed E-state index contributed by atoms with van der Waals surface area (Å²) >= 11 is 0. The van der Waals surface area contributed by atoms with E-state index in [1.54, 1.807) is 22.3 Å². The first-order chi connectivity index (χ1) is 8.33. The summed E-state index contributed by atoms with van der Waals surface area (Å²) in [5, 5.41) is 0. The summed E-state index contributed by atoms with van der Waals surface area (Å²) in [4.78, 5) is 0. The number of allylic oxidation sites excluding steroid dienone is 6. The largest absolute Gasteiger partial charge is 0.0704 e. The Morgan fingerprint density at radius 1 is 0.706 bits per heavy atom. The molecule has 0 aromatic rings. The van der Waals surface area contributed by atoms with Crippen molar-refractivity contribution in [1.29, 1.82) is 0 Å². The van der Waals surface area contributed by atoms with Crippen molar-refractivity contribution in [2.24, 2.45) is 0 Å². The Labute approximate surface area is 105 Å². The molecular formula is C17H24. The second-order valence-electron chi connectivity index (χ2n) is 6.09. The topological polar surface area (TPSA) is 0 Å². The fourth-order valence-corrected chi connectivity index (χ4v) is 3.78. The van der Waals surface area contributed by atoms with Gasteiger partial charge in [0, 0.05) is 0 Å². The molecule has 0 N–H and O–H groups in total. The van der Waals surface area contributed by atoms with Crippen LogP contribution in [0.3, 0.4) is 0 Å². The van der Waals surface area contributed by atoms with Gasteiger partial charge in [-0.1, -0.05) is 28.4 Å². The van der Waals surface area contributed by atoms with Gasteiger partial charge in [-0.25, -0.2) is 0 Å². The molecule has 0 saturated heterocycles. The van der Waals surface area contributed by atoms with Crippen LogP contribution in [0.1, 0.15) is 71.1 Å². The quantitative estimate of drug-likeness (QED) is 0.482. The lowest BCUT2D eigenvalue weighted by Crippen LogP contribution is -2.01. The van der Waals surface area contributed by atoms with Crippen molar-refractivity contribution in [3.05, 3.63) is 33.9 Å². The molecule has 0 amide bonds. The van der Waals surface area contributed by atoms with Gasteiger partial charge in [0.2, 0.25) is 0 Å². The smallest absolute Gasteiger partial charge is 0.00617 e. The first-order valence-corrected chi connectivity index (χ1v) is 7.41. The third-order valence-electron chi connectivity index (χ3n) is 4.69. The number of hydrogen-bond donors (Lipinski definition) is 0. The molecule has 0 aliphatic heterocycles. The van der Waals surface area contributed by atoms with Gasteiger partial charge < -0.3 is 0 Å². The van der Waals surface area contributed by atoms with E-state index in [0.29, 0.717) is 0 Å². The summed E-state index contributed by atoms with van der Waals surface area (Å²) in [7, 11) is 0. The molecule has 3 aliphatic carbocycles. The van der Waals surface area contributed by atoms with Crippen molar-refractivity contribution in [3.8, 4) is 0 Å². The first kappa shape index (κ1) is 11.3. The van der Waals surface area contributed by atoms with Gasteiger partial charge in [-0.05, 0) is 76.7 Å². The van der Waals surface area contributed by atoms with Crippen molar-refractivity contribution in [2.45, 2.75) is 71.1 Å². The molecule has 3 aliphatic rings. The number of hydrogen-bond acceptors (Lipinski definition) is 0. The van der Waals surface area contributed by atoms with Crippen molar-refractivity contribution >= 4 is 0 Å². The molecule has 0 unspecified atom stereocenters. The molecule has 0 heterocycles. The fraction of sp³-hybridized carbons (Fsp3) is 0.647. The second-order valence-corrected chi connectivity index (χ2v) is 6.09. The van der Waals surface area contributed by atoms with Crippen LogP contribution < -0.4 is 0 Å². The van der Waals surface area contributed by atoms with Gasteiger partial charge in [0.1, 0.15) is 0 Å². The van der Waals surface area contributed by atoms with Crippen LogP contribution in [0.25, 0.3) is 0 Å². The second kappa shape index (κ2) is 4.84. The Hall–Kier alpha value is -0.780. The standard InChI is InChI=1S/C17H24/c1-13-10-16(14-6-2-3-7-14)12-17(11-13)15-8-4-5-9-15/h10H,2-9,11-12H2,1H3. The van der Waals surface area contributed by atoms with Gasteiger partial charge in [-0.2, -0.15) is 0 Å². The lowest BCUT2D eigenvalue weighted by molar-refractivity contribution is 0.886. The monoisotopic (exact) mass is 228 g/mol. The lowest BCUT2D eigenvalue weighted by Gasteiger charge is -2.21. The Morgan fingerprint density at radius 3 is 1.94 bits per heavy atom. The third kappa shape index (κ3) is 2.41. The predicted octanol–water partition coefficient (Wildman–Crippen LogP) is 5.47. The van der Waals surface area contributed by atoms with Gasteiger partial charge in [-0.3, -0.25) is 0 Å². The highest BCUT2D eigenvalue weighted by Crippen LogP contribution is 2.39. The van der Waals surface area contributed by atoms with Gasteiger partial charge in [0.05, 0.1) is 0 Å². The predicted molar refractivity (Wildman–Crippen MR) is 74.0 cm³/mol. The minimum Gasteiger partial charge on any atom is -0.0704 e. The molecular weight excluding hydrogens is 204 g/mol. The molecule has 0 nitrogen and oxygen atoms in total. The molecule has 17 heavy (non-hydrogen) atoms. The Kier molecular flexibility index (Phi) is 3.22. The molecule has 0 radical (unpaired) electrons. The van der Waals surface area contributed by atoms with Gasteiger partial charge in [-0.15, -0.1) is 0 Å². The average Bonchev–Trinajstić information content (AvgIpc) is 3.02. The van der Waals surface area contributed by atoms with E-state index in [1.807, 2.05) is 5.57 Å². The highest BCUT2D eigenvalue weighted by Gasteiger charge is 2.20. The molecule has 2 saturated carbocycles. The zero-order chi connectivity index (χ0) is 11.7. The highest BCUT2D eigenvalue weighted by atomic mass is 14.3.